The van der Waals surface area contributed by atoms with Crippen molar-refractivity contribution in [1.29, 1.82) is 0 Å². The van der Waals surface area contributed by atoms with Crippen LogP contribution in [0.1, 0.15) is 16.7 Å². The molecule has 1 fully saturated rings. The van der Waals surface area contributed by atoms with Gasteiger partial charge in [0.1, 0.15) is 12.4 Å². The fourth-order valence-electron chi connectivity index (χ4n) is 3.37. The first-order chi connectivity index (χ1) is 12.5. The summed E-state index contributed by atoms with van der Waals surface area (Å²) in [6.45, 7) is 8.09. The van der Waals surface area contributed by atoms with Crippen LogP contribution in [-0.4, -0.2) is 37.2 Å². The van der Waals surface area contributed by atoms with Crippen molar-refractivity contribution >= 4 is 17.4 Å². The molecule has 1 N–H and O–H groups in total. The summed E-state index contributed by atoms with van der Waals surface area (Å²) in [5, 5.41) is 16.6. The Morgan fingerprint density at radius 3 is 2.58 bits per heavy atom. The van der Waals surface area contributed by atoms with Crippen LogP contribution in [0.15, 0.2) is 36.4 Å². The van der Waals surface area contributed by atoms with Crippen LogP contribution in [0, 0.1) is 26.0 Å². The molecule has 26 heavy (non-hydrogen) atoms. The van der Waals surface area contributed by atoms with E-state index in [0.29, 0.717) is 43.4 Å². The quantitative estimate of drug-likeness (QED) is 0.804. The number of anilines is 2. The molecule has 0 radical (unpaired) electrons. The Bertz CT molecular complexity index is 793. The molecular weight excluding hydrogens is 330 g/mol. The summed E-state index contributed by atoms with van der Waals surface area (Å²) in [4.78, 5) is 13.3. The van der Waals surface area contributed by atoms with Crippen molar-refractivity contribution in [2.24, 2.45) is 0 Å². The topological polar surface area (TPSA) is 67.9 Å². The zero-order valence-electron chi connectivity index (χ0n) is 15.4. The number of aryl methyl sites for hydroxylation is 2. The lowest BCUT2D eigenvalue weighted by molar-refractivity contribution is 0.202. The van der Waals surface area contributed by atoms with Gasteiger partial charge >= 0.3 is 6.03 Å². The summed E-state index contributed by atoms with van der Waals surface area (Å²) in [7, 11) is 0. The minimum Gasteiger partial charge on any atom is -0.754 e. The minimum absolute atomic E-state index is 0.0542. The zero-order chi connectivity index (χ0) is 18.7. The van der Waals surface area contributed by atoms with Gasteiger partial charge in [0.05, 0.1) is 6.54 Å². The smallest absolute Gasteiger partial charge is 0.317 e. The first kappa shape index (κ1) is 18.1. The average molecular weight is 354 g/mol. The molecule has 0 aliphatic carbocycles. The number of nitrogens with zero attached hydrogens (tertiary/aromatic N) is 2. The van der Waals surface area contributed by atoms with Crippen LogP contribution in [0.5, 0.6) is 5.75 Å². The molecule has 2 aromatic rings. The Morgan fingerprint density at radius 1 is 1.19 bits per heavy atom. The van der Waals surface area contributed by atoms with Gasteiger partial charge in [-0.05, 0) is 44.0 Å². The van der Waals surface area contributed by atoms with E-state index in [1.807, 2.05) is 45.0 Å². The third kappa shape index (κ3) is 3.60. The van der Waals surface area contributed by atoms with Crippen molar-refractivity contribution in [1.82, 2.24) is 10.2 Å². The van der Waals surface area contributed by atoms with Gasteiger partial charge in [-0.15, -0.1) is 0 Å². The summed E-state index contributed by atoms with van der Waals surface area (Å²) >= 11 is 0. The number of hydrogen-bond acceptors (Lipinski definition) is 4. The highest BCUT2D eigenvalue weighted by Gasteiger charge is 2.20. The number of nitrogens with one attached hydrogen (secondary N) is 1. The van der Waals surface area contributed by atoms with Crippen molar-refractivity contribution in [2.75, 3.05) is 31.3 Å². The van der Waals surface area contributed by atoms with Crippen molar-refractivity contribution in [3.63, 3.8) is 0 Å². The maximum absolute atomic E-state index is 12.9. The molecule has 1 saturated heterocycles. The number of urea groups is 1. The fraction of sp³-hybridized carbons (Fsp3) is 0.350. The molecule has 1 aliphatic heterocycles. The van der Waals surface area contributed by atoms with Crippen molar-refractivity contribution in [2.45, 2.75) is 20.8 Å². The summed E-state index contributed by atoms with van der Waals surface area (Å²) in [6, 6.07) is 11.1. The number of hydrogen-bond donors (Lipinski definition) is 1. The Balaban J connectivity index is 1.81. The Labute approximate surface area is 153 Å². The predicted octanol–water partition coefficient (Wildman–Crippen LogP) is 3.65. The van der Waals surface area contributed by atoms with Crippen LogP contribution in [0.4, 0.5) is 16.2 Å². The van der Waals surface area contributed by atoms with Crippen molar-refractivity contribution in [3.8, 4) is 5.75 Å². The van der Waals surface area contributed by atoms with Crippen LogP contribution < -0.4 is 15.1 Å². The van der Waals surface area contributed by atoms with E-state index < -0.39 is 0 Å². The highest BCUT2D eigenvalue weighted by Crippen LogP contribution is 2.38. The molecule has 1 aliphatic rings. The van der Waals surface area contributed by atoms with Crippen molar-refractivity contribution < 1.29 is 9.53 Å². The standard InChI is InChI=1S/C20H24N3O3/c1-14-13-15(2)19(26-12-11-22-10-9-21-20(22)24)16(3)18(14)23(25)17-7-5-4-6-8-17/h4-8,13H,9-12H2,1-3H3,(H,21,24)/q-1. The van der Waals surface area contributed by atoms with Gasteiger partial charge in [-0.2, -0.15) is 0 Å². The number of ether oxygens (including phenoxy) is 1. The monoisotopic (exact) mass is 354 g/mol. The van der Waals surface area contributed by atoms with Gasteiger partial charge in [0, 0.05) is 30.0 Å². The van der Waals surface area contributed by atoms with Gasteiger partial charge in [0.2, 0.25) is 0 Å². The second kappa shape index (κ2) is 7.66. The highest BCUT2D eigenvalue weighted by atomic mass is 16.5. The number of benzene rings is 2. The largest absolute Gasteiger partial charge is 0.754 e. The van der Waals surface area contributed by atoms with E-state index in [-0.39, 0.29) is 6.03 Å². The van der Waals surface area contributed by atoms with Crippen LogP contribution in [-0.2, 0) is 0 Å². The molecule has 0 atom stereocenters. The molecule has 6 heteroatoms. The maximum atomic E-state index is 12.9. The van der Waals surface area contributed by atoms with E-state index >= 15 is 0 Å². The van der Waals surface area contributed by atoms with E-state index in [1.54, 1.807) is 17.0 Å². The summed E-state index contributed by atoms with van der Waals surface area (Å²) in [6.07, 6.45) is 0. The lowest BCUT2D eigenvalue weighted by Crippen LogP contribution is -2.32. The van der Waals surface area contributed by atoms with E-state index in [0.717, 1.165) is 21.8 Å². The Morgan fingerprint density at radius 2 is 1.92 bits per heavy atom. The normalized spacial score (nSPS) is 13.7. The first-order valence-electron chi connectivity index (χ1n) is 8.77. The number of amides is 2. The lowest BCUT2D eigenvalue weighted by atomic mass is 10.0. The van der Waals surface area contributed by atoms with Gasteiger partial charge in [-0.25, -0.2) is 4.79 Å². The van der Waals surface area contributed by atoms with Gasteiger partial charge in [0.25, 0.3) is 0 Å². The third-order valence-corrected chi connectivity index (χ3v) is 4.61. The molecule has 0 unspecified atom stereocenters. The van der Waals surface area contributed by atoms with Crippen molar-refractivity contribution in [3.05, 3.63) is 58.3 Å². The van der Waals surface area contributed by atoms with Gasteiger partial charge in [-0.3, -0.25) is 0 Å². The maximum Gasteiger partial charge on any atom is 0.317 e. The first-order valence-corrected chi connectivity index (χ1v) is 8.77. The SMILES string of the molecule is Cc1cc(C)c(N([O-])c2ccccc2)c(C)c1OCCN1CCNC1=O. The number of carbonyl (C=O) groups excluding carboxylic acids is 1. The average Bonchev–Trinajstić information content (AvgIpc) is 3.03. The summed E-state index contributed by atoms with van der Waals surface area (Å²) < 4.78 is 5.97. The molecule has 0 bridgehead atoms. The number of carbonyl (C=O) groups is 1. The Hall–Kier alpha value is -2.73. The predicted molar refractivity (Wildman–Crippen MR) is 103 cm³/mol. The Kier molecular flexibility index (Phi) is 5.32. The van der Waals surface area contributed by atoms with Crippen LogP contribution in [0.3, 0.4) is 0 Å². The molecule has 2 amide bonds. The molecule has 3 rings (SSSR count). The number of rotatable bonds is 6. The van der Waals surface area contributed by atoms with E-state index in [2.05, 4.69) is 5.32 Å². The van der Waals surface area contributed by atoms with Crippen LogP contribution >= 0.6 is 0 Å². The van der Waals surface area contributed by atoms with Crippen LogP contribution in [0.2, 0.25) is 0 Å². The molecule has 0 spiro atoms. The molecule has 0 saturated carbocycles. The molecule has 2 aromatic carbocycles. The second-order valence-corrected chi connectivity index (χ2v) is 6.51. The summed E-state index contributed by atoms with van der Waals surface area (Å²) in [5.74, 6) is 0.710. The molecule has 6 nitrogen and oxygen atoms in total. The van der Waals surface area contributed by atoms with E-state index in [4.69, 9.17) is 4.74 Å². The fourth-order valence-corrected chi connectivity index (χ4v) is 3.37. The van der Waals surface area contributed by atoms with Gasteiger partial charge < -0.3 is 25.2 Å². The second-order valence-electron chi connectivity index (χ2n) is 6.51. The van der Waals surface area contributed by atoms with Gasteiger partial charge in [0.15, 0.2) is 0 Å². The summed E-state index contributed by atoms with van der Waals surface area (Å²) in [5.41, 5.74) is 3.89. The highest BCUT2D eigenvalue weighted by molar-refractivity contribution is 5.76. The minimum atomic E-state index is -0.0542. The lowest BCUT2D eigenvalue weighted by Gasteiger charge is -2.34. The van der Waals surface area contributed by atoms with Gasteiger partial charge in [-0.1, -0.05) is 24.3 Å². The van der Waals surface area contributed by atoms with E-state index in [1.165, 1.54) is 0 Å². The zero-order valence-corrected chi connectivity index (χ0v) is 15.4. The van der Waals surface area contributed by atoms with E-state index in [9.17, 15) is 10.0 Å². The third-order valence-electron chi connectivity index (χ3n) is 4.61. The molecule has 0 aromatic heterocycles. The molecule has 1 heterocycles. The number of para-hydroxylation sites is 1. The van der Waals surface area contributed by atoms with Crippen LogP contribution in [0.25, 0.3) is 0 Å². The molecule has 138 valence electrons. The molecular formula is C20H24N3O3-.